The van der Waals surface area contributed by atoms with Gasteiger partial charge < -0.3 is 4.90 Å². The molecule has 1 fully saturated rings. The molecule has 2 aromatic rings. The molecular weight excluding hydrogens is 310 g/mol. The van der Waals surface area contributed by atoms with Crippen LogP contribution < -0.4 is 0 Å². The van der Waals surface area contributed by atoms with E-state index in [1.165, 1.54) is 11.5 Å². The number of carbonyl (C=O) groups excluding carboxylic acids is 1. The quantitative estimate of drug-likeness (QED) is 0.861. The Morgan fingerprint density at radius 2 is 2.30 bits per heavy atom. The summed E-state index contributed by atoms with van der Waals surface area (Å²) < 4.78 is 3.97. The molecule has 1 amide bonds. The first-order valence-corrected chi connectivity index (χ1v) is 8.85. The van der Waals surface area contributed by atoms with Gasteiger partial charge in [-0.25, -0.2) is 0 Å². The topological polar surface area (TPSA) is 71.9 Å². The summed E-state index contributed by atoms with van der Waals surface area (Å²) >= 11 is 1.21. The lowest BCUT2D eigenvalue weighted by Gasteiger charge is -2.32. The summed E-state index contributed by atoms with van der Waals surface area (Å²) in [6.45, 7) is 5.52. The Balaban J connectivity index is 1.75. The molecule has 3 heterocycles. The predicted octanol–water partition coefficient (Wildman–Crippen LogP) is 2.61. The third-order valence-corrected chi connectivity index (χ3v) is 4.89. The average Bonchev–Trinajstić information content (AvgIpc) is 3.03. The molecule has 7 heteroatoms. The minimum atomic E-state index is 0.0637. The van der Waals surface area contributed by atoms with E-state index in [9.17, 15) is 4.79 Å². The zero-order chi connectivity index (χ0) is 16.2. The summed E-state index contributed by atoms with van der Waals surface area (Å²) in [6.07, 6.45) is 7.38. The van der Waals surface area contributed by atoms with E-state index >= 15 is 0 Å². The monoisotopic (exact) mass is 331 g/mol. The molecule has 1 aliphatic heterocycles. The lowest BCUT2D eigenvalue weighted by atomic mass is 9.94. The van der Waals surface area contributed by atoms with Gasteiger partial charge in [0.2, 0.25) is 0 Å². The van der Waals surface area contributed by atoms with Gasteiger partial charge >= 0.3 is 0 Å². The number of nitrogens with zero attached hydrogens (tertiary/aromatic N) is 5. The van der Waals surface area contributed by atoms with E-state index in [1.54, 1.807) is 6.20 Å². The highest BCUT2D eigenvalue weighted by Gasteiger charge is 2.29. The number of aromatic nitrogens is 4. The summed E-state index contributed by atoms with van der Waals surface area (Å²) in [5.41, 5.74) is 2.74. The van der Waals surface area contributed by atoms with Crippen LogP contribution >= 0.6 is 11.5 Å². The van der Waals surface area contributed by atoms with Crippen molar-refractivity contribution in [3.63, 3.8) is 0 Å². The molecule has 0 bridgehead atoms. The highest BCUT2D eigenvalue weighted by atomic mass is 32.1. The lowest BCUT2D eigenvalue weighted by Crippen LogP contribution is -2.39. The van der Waals surface area contributed by atoms with Crippen LogP contribution in [0.1, 0.15) is 58.9 Å². The second-order valence-electron chi connectivity index (χ2n) is 5.97. The maximum atomic E-state index is 12.8. The molecule has 23 heavy (non-hydrogen) atoms. The molecule has 0 aromatic carbocycles. The summed E-state index contributed by atoms with van der Waals surface area (Å²) in [5.74, 6) is 0.323. The Kier molecular flexibility index (Phi) is 4.95. The van der Waals surface area contributed by atoms with Crippen LogP contribution in [0.25, 0.3) is 0 Å². The first kappa shape index (κ1) is 16.0. The first-order chi connectivity index (χ1) is 11.2. The zero-order valence-corrected chi connectivity index (χ0v) is 14.3. The van der Waals surface area contributed by atoms with Gasteiger partial charge in [0.15, 0.2) is 0 Å². The lowest BCUT2D eigenvalue weighted by molar-refractivity contribution is 0.0709. The van der Waals surface area contributed by atoms with Gasteiger partial charge in [-0.1, -0.05) is 17.8 Å². The average molecular weight is 331 g/mol. The molecule has 1 saturated heterocycles. The standard InChI is InChI=1S/C16H21N5OS/c1-3-5-13-15(23-20-19-13)16(22)21-7-4-6-12(10-21)14-9-17-8-11(2)18-14/h8-9,12H,3-7,10H2,1-2H3. The van der Waals surface area contributed by atoms with Crippen molar-refractivity contribution in [1.82, 2.24) is 24.5 Å². The van der Waals surface area contributed by atoms with Crippen molar-refractivity contribution >= 4 is 17.4 Å². The van der Waals surface area contributed by atoms with Crippen LogP contribution in [0, 0.1) is 6.92 Å². The van der Waals surface area contributed by atoms with Crippen molar-refractivity contribution in [3.05, 3.63) is 34.4 Å². The molecule has 0 N–H and O–H groups in total. The van der Waals surface area contributed by atoms with Gasteiger partial charge in [0.1, 0.15) is 4.88 Å². The van der Waals surface area contributed by atoms with Crippen molar-refractivity contribution in [3.8, 4) is 0 Å². The van der Waals surface area contributed by atoms with E-state index in [1.807, 2.05) is 18.0 Å². The van der Waals surface area contributed by atoms with E-state index < -0.39 is 0 Å². The van der Waals surface area contributed by atoms with Crippen LogP contribution in [0.3, 0.4) is 0 Å². The largest absolute Gasteiger partial charge is 0.337 e. The van der Waals surface area contributed by atoms with Crippen LogP contribution in [0.15, 0.2) is 12.4 Å². The second kappa shape index (κ2) is 7.12. The zero-order valence-electron chi connectivity index (χ0n) is 13.5. The van der Waals surface area contributed by atoms with Gasteiger partial charge in [-0.2, -0.15) is 0 Å². The molecule has 1 atom stereocenters. The fourth-order valence-electron chi connectivity index (χ4n) is 3.00. The molecule has 2 aromatic heterocycles. The van der Waals surface area contributed by atoms with Gasteiger partial charge in [-0.3, -0.25) is 14.8 Å². The maximum absolute atomic E-state index is 12.8. The fraction of sp³-hybridized carbons (Fsp3) is 0.562. The Labute approximate surface area is 140 Å². The smallest absolute Gasteiger partial charge is 0.267 e. The molecule has 122 valence electrons. The second-order valence-corrected chi connectivity index (χ2v) is 6.73. The Morgan fingerprint density at radius 3 is 3.09 bits per heavy atom. The van der Waals surface area contributed by atoms with Crippen LogP contribution in [-0.2, 0) is 6.42 Å². The molecule has 0 saturated carbocycles. The number of likely N-dealkylation sites (tertiary alicyclic amines) is 1. The highest BCUT2D eigenvalue weighted by molar-refractivity contribution is 7.08. The Hall–Kier alpha value is -1.89. The van der Waals surface area contributed by atoms with Gasteiger partial charge in [0.05, 0.1) is 17.1 Å². The van der Waals surface area contributed by atoms with E-state index in [0.29, 0.717) is 11.4 Å². The highest BCUT2D eigenvalue weighted by Crippen LogP contribution is 2.27. The number of amides is 1. The predicted molar refractivity (Wildman–Crippen MR) is 88.6 cm³/mol. The third-order valence-electron chi connectivity index (χ3n) is 4.14. The van der Waals surface area contributed by atoms with Crippen molar-refractivity contribution < 1.29 is 4.79 Å². The summed E-state index contributed by atoms with van der Waals surface area (Å²) in [6, 6.07) is 0. The minimum Gasteiger partial charge on any atom is -0.337 e. The molecule has 1 aliphatic rings. The first-order valence-electron chi connectivity index (χ1n) is 8.08. The summed E-state index contributed by atoms with van der Waals surface area (Å²) in [4.78, 5) is 24.3. The third kappa shape index (κ3) is 3.55. The van der Waals surface area contributed by atoms with Crippen LogP contribution in [0.4, 0.5) is 0 Å². The van der Waals surface area contributed by atoms with Crippen LogP contribution in [0.2, 0.25) is 0 Å². The molecule has 0 radical (unpaired) electrons. The van der Waals surface area contributed by atoms with E-state index in [2.05, 4.69) is 26.5 Å². The van der Waals surface area contributed by atoms with E-state index in [-0.39, 0.29) is 11.8 Å². The Bertz CT molecular complexity index is 687. The minimum absolute atomic E-state index is 0.0637. The number of hydrogen-bond donors (Lipinski definition) is 0. The molecule has 3 rings (SSSR count). The number of piperidine rings is 1. The number of rotatable bonds is 4. The number of aryl methyl sites for hydroxylation is 2. The molecule has 0 aliphatic carbocycles. The van der Waals surface area contributed by atoms with Crippen LogP contribution in [-0.4, -0.2) is 43.5 Å². The van der Waals surface area contributed by atoms with Gasteiger partial charge in [0.25, 0.3) is 5.91 Å². The van der Waals surface area contributed by atoms with Crippen molar-refractivity contribution in [1.29, 1.82) is 0 Å². The molecule has 0 spiro atoms. The van der Waals surface area contributed by atoms with Crippen molar-refractivity contribution in [2.24, 2.45) is 0 Å². The molecule has 6 nitrogen and oxygen atoms in total. The van der Waals surface area contributed by atoms with Gasteiger partial charge in [-0.15, -0.1) is 5.10 Å². The van der Waals surface area contributed by atoms with Gasteiger partial charge in [0, 0.05) is 31.4 Å². The Morgan fingerprint density at radius 1 is 1.43 bits per heavy atom. The van der Waals surface area contributed by atoms with Crippen molar-refractivity contribution in [2.75, 3.05) is 13.1 Å². The van der Waals surface area contributed by atoms with Crippen molar-refractivity contribution in [2.45, 2.75) is 45.4 Å². The van der Waals surface area contributed by atoms with Gasteiger partial charge in [-0.05, 0) is 37.7 Å². The molecular formula is C16H21N5OS. The van der Waals surface area contributed by atoms with E-state index in [4.69, 9.17) is 0 Å². The molecule has 1 unspecified atom stereocenters. The fourth-order valence-corrected chi connectivity index (χ4v) is 3.67. The normalized spacial score (nSPS) is 18.2. The number of carbonyl (C=O) groups is 1. The van der Waals surface area contributed by atoms with E-state index in [0.717, 1.165) is 49.3 Å². The SMILES string of the molecule is CCCc1nnsc1C(=O)N1CCCC(c2cncc(C)n2)C1. The summed E-state index contributed by atoms with van der Waals surface area (Å²) in [7, 11) is 0. The van der Waals surface area contributed by atoms with Crippen LogP contribution in [0.5, 0.6) is 0 Å². The summed E-state index contributed by atoms with van der Waals surface area (Å²) in [5, 5.41) is 4.11. The maximum Gasteiger partial charge on any atom is 0.267 e. The number of hydrogen-bond acceptors (Lipinski definition) is 6.